The number of aryl methyl sites for hydroxylation is 2. The van der Waals surface area contributed by atoms with Crippen molar-refractivity contribution in [2.75, 3.05) is 39.6 Å². The molecule has 0 amide bonds. The molecule has 0 aromatic carbocycles. The van der Waals surface area contributed by atoms with Gasteiger partial charge in [0.1, 0.15) is 0 Å². The first kappa shape index (κ1) is 22.0. The molecule has 2 N–H and O–H groups in total. The molecule has 24 heavy (non-hydrogen) atoms. The predicted octanol–water partition coefficient (Wildman–Crippen LogP) is 3.00. The third kappa shape index (κ3) is 6.34. The number of nitrogens with one attached hydrogen (secondary N) is 2. The normalized spacial score (nSPS) is 17.2. The van der Waals surface area contributed by atoms with Gasteiger partial charge in [-0.3, -0.25) is 4.99 Å². The molecule has 0 radical (unpaired) electrons. The van der Waals surface area contributed by atoms with Gasteiger partial charge in [0.05, 0.1) is 10.7 Å². The maximum Gasteiger partial charge on any atom is 0.191 e. The summed E-state index contributed by atoms with van der Waals surface area (Å²) in [6.07, 6.45) is 5.31. The number of hydrogen-bond donors (Lipinski definition) is 2. The van der Waals surface area contributed by atoms with Gasteiger partial charge in [0.15, 0.2) is 5.96 Å². The first-order valence-corrected chi connectivity index (χ1v) is 10.1. The lowest BCUT2D eigenvalue weighted by atomic mass is 9.99. The molecule has 8 heteroatoms. The Morgan fingerprint density at radius 2 is 2.04 bits per heavy atom. The Bertz CT molecular complexity index is 511. The van der Waals surface area contributed by atoms with E-state index in [-0.39, 0.29) is 28.7 Å². The highest BCUT2D eigenvalue weighted by Crippen LogP contribution is 2.32. The van der Waals surface area contributed by atoms with E-state index in [9.17, 15) is 0 Å². The Morgan fingerprint density at radius 3 is 2.58 bits per heavy atom. The monoisotopic (exact) mass is 484 g/mol. The van der Waals surface area contributed by atoms with E-state index in [0.717, 1.165) is 57.2 Å². The molecule has 0 unspecified atom stereocenters. The first-order chi connectivity index (χ1) is 11.1. The van der Waals surface area contributed by atoms with Gasteiger partial charge < -0.3 is 15.4 Å². The van der Waals surface area contributed by atoms with Crippen molar-refractivity contribution < 1.29 is 4.74 Å². The van der Waals surface area contributed by atoms with Crippen molar-refractivity contribution in [3.63, 3.8) is 0 Å². The Balaban J connectivity index is 0.00000288. The second kappa shape index (κ2) is 10.8. The lowest BCUT2D eigenvalue weighted by Crippen LogP contribution is -2.48. The Labute approximate surface area is 170 Å². The van der Waals surface area contributed by atoms with E-state index in [2.05, 4.69) is 40.7 Å². The lowest BCUT2D eigenvalue weighted by molar-refractivity contribution is 0.0783. The van der Waals surface area contributed by atoms with Gasteiger partial charge in [-0.05, 0) is 32.9 Å². The van der Waals surface area contributed by atoms with E-state index >= 15 is 0 Å². The first-order valence-electron chi connectivity index (χ1n) is 8.09. The quantitative estimate of drug-likeness (QED) is 0.370. The maximum atomic E-state index is 5.49. The van der Waals surface area contributed by atoms with E-state index in [0.29, 0.717) is 0 Å². The summed E-state index contributed by atoms with van der Waals surface area (Å²) in [5.74, 6) is 0.870. The number of aromatic nitrogens is 1. The third-order valence-corrected chi connectivity index (χ3v) is 6.89. The number of nitrogens with zero attached hydrogens (tertiary/aromatic N) is 2. The van der Waals surface area contributed by atoms with Crippen LogP contribution >= 0.6 is 47.1 Å². The summed E-state index contributed by atoms with van der Waals surface area (Å²) in [6, 6.07) is 0. The van der Waals surface area contributed by atoms with Gasteiger partial charge in [-0.1, -0.05) is 0 Å². The molecular formula is C16H29IN4OS2. The van der Waals surface area contributed by atoms with Crippen LogP contribution in [0, 0.1) is 13.8 Å². The van der Waals surface area contributed by atoms with Crippen molar-refractivity contribution in [2.45, 2.75) is 37.9 Å². The molecule has 1 aliphatic rings. The van der Waals surface area contributed by atoms with Crippen LogP contribution in [0.3, 0.4) is 0 Å². The summed E-state index contributed by atoms with van der Waals surface area (Å²) in [4.78, 5) is 10.2. The number of hydrogen-bond acceptors (Lipinski definition) is 5. The van der Waals surface area contributed by atoms with Crippen LogP contribution in [0.4, 0.5) is 0 Å². The van der Waals surface area contributed by atoms with Gasteiger partial charge in [0.2, 0.25) is 0 Å². The minimum absolute atomic E-state index is 0. The molecule has 2 heterocycles. The van der Waals surface area contributed by atoms with Crippen molar-refractivity contribution in [3.8, 4) is 0 Å². The molecule has 0 atom stereocenters. The summed E-state index contributed by atoms with van der Waals surface area (Å²) < 4.78 is 5.76. The van der Waals surface area contributed by atoms with Crippen LogP contribution in [0.5, 0.6) is 0 Å². The predicted molar refractivity (Wildman–Crippen MR) is 116 cm³/mol. The molecule has 5 nitrogen and oxygen atoms in total. The van der Waals surface area contributed by atoms with E-state index in [4.69, 9.17) is 4.74 Å². The molecule has 1 fully saturated rings. The summed E-state index contributed by atoms with van der Waals surface area (Å²) in [7, 11) is 1.82. The molecule has 2 rings (SSSR count). The Kier molecular flexibility index (Phi) is 9.91. The smallest absolute Gasteiger partial charge is 0.191 e. The third-order valence-electron chi connectivity index (χ3n) is 4.34. The lowest BCUT2D eigenvalue weighted by Gasteiger charge is -2.36. The largest absolute Gasteiger partial charge is 0.381 e. The second-order valence-corrected chi connectivity index (χ2v) is 8.41. The van der Waals surface area contributed by atoms with Gasteiger partial charge in [-0.2, -0.15) is 11.8 Å². The van der Waals surface area contributed by atoms with Gasteiger partial charge >= 0.3 is 0 Å². The van der Waals surface area contributed by atoms with Crippen molar-refractivity contribution >= 4 is 53.0 Å². The molecule has 0 saturated carbocycles. The van der Waals surface area contributed by atoms with Crippen molar-refractivity contribution in [3.05, 3.63) is 15.6 Å². The van der Waals surface area contributed by atoms with E-state index in [1.54, 1.807) is 11.3 Å². The molecular weight excluding hydrogens is 455 g/mol. The molecule has 1 aliphatic heterocycles. The standard InChI is InChI=1S/C16H28N4OS2.HI/c1-12-13(2)23-14(20-12)5-8-18-15(17-3)19-11-16(22-4)6-9-21-10-7-16;/h5-11H2,1-4H3,(H2,17,18,19);1H. The van der Waals surface area contributed by atoms with Crippen LogP contribution in [0.2, 0.25) is 0 Å². The number of halogens is 1. The van der Waals surface area contributed by atoms with E-state index in [1.807, 2.05) is 18.8 Å². The number of thiazole rings is 1. The SMILES string of the molecule is CN=C(NCCc1nc(C)c(C)s1)NCC1(SC)CCOCC1.I. The number of ether oxygens (including phenoxy) is 1. The number of aliphatic imine (C=N–C) groups is 1. The topological polar surface area (TPSA) is 58.5 Å². The highest BCUT2D eigenvalue weighted by molar-refractivity contribution is 14.0. The van der Waals surface area contributed by atoms with Gasteiger partial charge in [-0.15, -0.1) is 35.3 Å². The average Bonchev–Trinajstić information content (AvgIpc) is 2.89. The second-order valence-electron chi connectivity index (χ2n) is 5.85. The zero-order chi connectivity index (χ0) is 16.7. The number of thioether (sulfide) groups is 1. The summed E-state index contributed by atoms with van der Waals surface area (Å²) in [5.41, 5.74) is 1.15. The Hall–Kier alpha value is -0.0600. The minimum atomic E-state index is 0. The minimum Gasteiger partial charge on any atom is -0.381 e. The molecule has 0 aliphatic carbocycles. The van der Waals surface area contributed by atoms with Crippen molar-refractivity contribution in [1.29, 1.82) is 0 Å². The fourth-order valence-electron chi connectivity index (χ4n) is 2.60. The number of rotatable bonds is 6. The van der Waals surface area contributed by atoms with Crippen LogP contribution in [0.15, 0.2) is 4.99 Å². The molecule has 0 spiro atoms. The maximum absolute atomic E-state index is 5.49. The van der Waals surface area contributed by atoms with E-state index in [1.165, 1.54) is 9.88 Å². The zero-order valence-electron chi connectivity index (χ0n) is 15.0. The van der Waals surface area contributed by atoms with Gasteiger partial charge in [-0.25, -0.2) is 4.98 Å². The van der Waals surface area contributed by atoms with Crippen LogP contribution < -0.4 is 10.6 Å². The highest BCUT2D eigenvalue weighted by atomic mass is 127. The molecule has 138 valence electrons. The summed E-state index contributed by atoms with van der Waals surface area (Å²) in [6.45, 7) is 7.68. The van der Waals surface area contributed by atoms with Gasteiger partial charge in [0, 0.05) is 49.4 Å². The highest BCUT2D eigenvalue weighted by Gasteiger charge is 2.31. The molecule has 0 bridgehead atoms. The van der Waals surface area contributed by atoms with Crippen molar-refractivity contribution in [1.82, 2.24) is 15.6 Å². The van der Waals surface area contributed by atoms with Gasteiger partial charge in [0.25, 0.3) is 0 Å². The van der Waals surface area contributed by atoms with Crippen LogP contribution in [0.1, 0.15) is 28.4 Å². The van der Waals surface area contributed by atoms with Crippen molar-refractivity contribution in [2.24, 2.45) is 4.99 Å². The zero-order valence-corrected chi connectivity index (χ0v) is 18.9. The molecule has 1 saturated heterocycles. The average molecular weight is 484 g/mol. The van der Waals surface area contributed by atoms with Crippen LogP contribution in [-0.4, -0.2) is 55.3 Å². The Morgan fingerprint density at radius 1 is 1.33 bits per heavy atom. The molecule has 1 aromatic rings. The fourth-order valence-corrected chi connectivity index (χ4v) is 4.32. The van der Waals surface area contributed by atoms with Crippen LogP contribution in [-0.2, 0) is 11.2 Å². The van der Waals surface area contributed by atoms with Crippen LogP contribution in [0.25, 0.3) is 0 Å². The fraction of sp³-hybridized carbons (Fsp3) is 0.750. The summed E-state index contributed by atoms with van der Waals surface area (Å²) >= 11 is 3.72. The molecule has 1 aromatic heterocycles. The van der Waals surface area contributed by atoms with E-state index < -0.39 is 0 Å². The summed E-state index contributed by atoms with van der Waals surface area (Å²) in [5, 5.41) is 8.06. The number of guanidine groups is 1.